The van der Waals surface area contributed by atoms with Crippen LogP contribution in [-0.2, 0) is 19.6 Å². The van der Waals surface area contributed by atoms with Crippen molar-refractivity contribution in [3.8, 4) is 0 Å². The van der Waals surface area contributed by atoms with Gasteiger partial charge in [-0.3, -0.25) is 4.79 Å². The number of ether oxygens (including phenoxy) is 1. The molecule has 3 rings (SSSR count). The molecule has 1 atom stereocenters. The van der Waals surface area contributed by atoms with Crippen LogP contribution in [0, 0.1) is 12.8 Å². The molecule has 0 aliphatic carbocycles. The lowest BCUT2D eigenvalue weighted by atomic mass is 9.98. The van der Waals surface area contributed by atoms with E-state index in [9.17, 15) is 18.0 Å². The molecule has 1 amide bonds. The Balaban J connectivity index is 1.68. The molecule has 1 aliphatic heterocycles. The van der Waals surface area contributed by atoms with Crippen LogP contribution in [0.5, 0.6) is 0 Å². The van der Waals surface area contributed by atoms with E-state index >= 15 is 0 Å². The van der Waals surface area contributed by atoms with Crippen LogP contribution in [0.3, 0.4) is 0 Å². The number of esters is 1. The van der Waals surface area contributed by atoms with Crippen LogP contribution in [0.1, 0.15) is 35.7 Å². The lowest BCUT2D eigenvalue weighted by molar-refractivity contribution is -0.120. The number of carbonyl (C=O) groups is 2. The number of anilines is 1. The molecule has 0 saturated carbocycles. The van der Waals surface area contributed by atoms with Crippen LogP contribution in [-0.4, -0.2) is 44.3 Å². The molecule has 0 bridgehead atoms. The van der Waals surface area contributed by atoms with Crippen molar-refractivity contribution in [1.29, 1.82) is 0 Å². The van der Waals surface area contributed by atoms with Crippen LogP contribution in [0.2, 0.25) is 0 Å². The highest BCUT2D eigenvalue weighted by Crippen LogP contribution is 2.27. The third-order valence-corrected chi connectivity index (χ3v) is 8.08. The summed E-state index contributed by atoms with van der Waals surface area (Å²) >= 11 is 1.18. The van der Waals surface area contributed by atoms with Crippen LogP contribution in [0.15, 0.2) is 39.9 Å². The van der Waals surface area contributed by atoms with Crippen molar-refractivity contribution in [2.75, 3.05) is 25.0 Å². The maximum absolute atomic E-state index is 12.8. The van der Waals surface area contributed by atoms with E-state index in [4.69, 9.17) is 4.74 Å². The maximum atomic E-state index is 12.8. The molecule has 0 spiro atoms. The molecule has 9 heteroatoms. The number of carbonyl (C=O) groups excluding carboxylic acids is 2. The van der Waals surface area contributed by atoms with Gasteiger partial charge in [0.1, 0.15) is 4.21 Å². The summed E-state index contributed by atoms with van der Waals surface area (Å²) in [7, 11) is -3.57. The van der Waals surface area contributed by atoms with E-state index in [2.05, 4.69) is 5.32 Å². The number of rotatable bonds is 6. The van der Waals surface area contributed by atoms with Crippen molar-refractivity contribution in [2.45, 2.75) is 30.9 Å². The number of thiophene rings is 1. The van der Waals surface area contributed by atoms with Gasteiger partial charge >= 0.3 is 5.97 Å². The SMILES string of the molecule is CCOC(=O)c1ccc(NC(=O)[C@@H]2CCCN(S(=O)(=O)c3cccs3)C2)c(C)c1. The van der Waals surface area contributed by atoms with Crippen molar-refractivity contribution < 1.29 is 22.7 Å². The van der Waals surface area contributed by atoms with Crippen molar-refractivity contribution >= 4 is 38.9 Å². The molecule has 7 nitrogen and oxygen atoms in total. The number of nitrogens with one attached hydrogen (secondary N) is 1. The molecule has 1 N–H and O–H groups in total. The molecule has 0 unspecified atom stereocenters. The zero-order valence-corrected chi connectivity index (χ0v) is 18.0. The van der Waals surface area contributed by atoms with Crippen molar-refractivity contribution in [1.82, 2.24) is 4.31 Å². The predicted octanol–water partition coefficient (Wildman–Crippen LogP) is 3.27. The van der Waals surface area contributed by atoms with E-state index < -0.39 is 21.9 Å². The Morgan fingerprint density at radius 2 is 2.10 bits per heavy atom. The summed E-state index contributed by atoms with van der Waals surface area (Å²) in [5.41, 5.74) is 1.76. The number of amides is 1. The first-order chi connectivity index (χ1) is 13.8. The second-order valence-corrected chi connectivity index (χ2v) is 9.99. The minimum absolute atomic E-state index is 0.159. The number of sulfonamides is 1. The third kappa shape index (κ3) is 4.85. The number of hydrogen-bond donors (Lipinski definition) is 1. The average Bonchev–Trinajstić information content (AvgIpc) is 3.25. The second-order valence-electron chi connectivity index (χ2n) is 6.87. The summed E-state index contributed by atoms with van der Waals surface area (Å²) in [6, 6.07) is 8.23. The summed E-state index contributed by atoms with van der Waals surface area (Å²) in [4.78, 5) is 24.6. The molecule has 1 aromatic heterocycles. The first kappa shape index (κ1) is 21.5. The quantitative estimate of drug-likeness (QED) is 0.702. The van der Waals surface area contributed by atoms with E-state index in [1.54, 1.807) is 49.6 Å². The maximum Gasteiger partial charge on any atom is 0.338 e. The molecular formula is C20H24N2O5S2. The second kappa shape index (κ2) is 9.06. The van der Waals surface area contributed by atoms with E-state index in [0.717, 1.165) is 5.56 Å². The lowest BCUT2D eigenvalue weighted by Crippen LogP contribution is -2.43. The summed E-state index contributed by atoms with van der Waals surface area (Å²) < 4.78 is 32.2. The zero-order chi connectivity index (χ0) is 21.0. The van der Waals surface area contributed by atoms with Gasteiger partial charge in [0.25, 0.3) is 10.0 Å². The largest absolute Gasteiger partial charge is 0.462 e. The Bertz CT molecular complexity index is 986. The fourth-order valence-electron chi connectivity index (χ4n) is 3.29. The Labute approximate surface area is 174 Å². The topological polar surface area (TPSA) is 92.8 Å². The number of hydrogen-bond acceptors (Lipinski definition) is 6. The van der Waals surface area contributed by atoms with E-state index in [0.29, 0.717) is 41.5 Å². The minimum atomic E-state index is -3.57. The monoisotopic (exact) mass is 436 g/mol. The summed E-state index contributed by atoms with van der Waals surface area (Å²) in [6.07, 6.45) is 1.26. The standard InChI is InChI=1S/C20H24N2O5S2/c1-3-27-20(24)15-8-9-17(14(2)12-15)21-19(23)16-6-4-10-22(13-16)29(25,26)18-7-5-11-28-18/h5,7-9,11-12,16H,3-4,6,10,13H2,1-2H3,(H,21,23)/t16-/m1/s1. The van der Waals surface area contributed by atoms with E-state index in [1.165, 1.54) is 15.6 Å². The Morgan fingerprint density at radius 3 is 2.76 bits per heavy atom. The fraction of sp³-hybridized carbons (Fsp3) is 0.400. The molecule has 0 radical (unpaired) electrons. The van der Waals surface area contributed by atoms with Gasteiger partial charge in [0.15, 0.2) is 0 Å². The van der Waals surface area contributed by atoms with Gasteiger partial charge in [-0.05, 0) is 61.9 Å². The normalized spacial score (nSPS) is 17.7. The zero-order valence-electron chi connectivity index (χ0n) is 16.4. The molecule has 2 aromatic rings. The Hall–Kier alpha value is -2.23. The molecule has 1 aliphatic rings. The van der Waals surface area contributed by atoms with E-state index in [1.807, 2.05) is 0 Å². The highest BCUT2D eigenvalue weighted by molar-refractivity contribution is 7.91. The predicted molar refractivity (Wildman–Crippen MR) is 112 cm³/mol. The Kier molecular flexibility index (Phi) is 6.71. The Morgan fingerprint density at radius 1 is 1.31 bits per heavy atom. The number of nitrogens with zero attached hydrogens (tertiary/aromatic N) is 1. The third-order valence-electron chi connectivity index (χ3n) is 4.84. The molecule has 1 fully saturated rings. The van der Waals surface area contributed by atoms with Gasteiger partial charge < -0.3 is 10.1 Å². The van der Waals surface area contributed by atoms with Crippen molar-refractivity contribution in [3.05, 3.63) is 46.8 Å². The highest BCUT2D eigenvalue weighted by Gasteiger charge is 2.33. The van der Waals surface area contributed by atoms with Crippen molar-refractivity contribution in [2.24, 2.45) is 5.92 Å². The smallest absolute Gasteiger partial charge is 0.338 e. The fourth-order valence-corrected chi connectivity index (χ4v) is 5.96. The number of aryl methyl sites for hydroxylation is 1. The van der Waals surface area contributed by atoms with Crippen LogP contribution < -0.4 is 5.32 Å². The van der Waals surface area contributed by atoms with Gasteiger partial charge in [0.2, 0.25) is 5.91 Å². The highest BCUT2D eigenvalue weighted by atomic mass is 32.2. The number of piperidine rings is 1. The molecule has 29 heavy (non-hydrogen) atoms. The first-order valence-corrected chi connectivity index (χ1v) is 11.8. The van der Waals surface area contributed by atoms with Gasteiger partial charge in [0.05, 0.1) is 18.1 Å². The number of benzene rings is 1. The van der Waals surface area contributed by atoms with Crippen molar-refractivity contribution in [3.63, 3.8) is 0 Å². The van der Waals surface area contributed by atoms with Crippen LogP contribution in [0.25, 0.3) is 0 Å². The van der Waals surface area contributed by atoms with Crippen LogP contribution >= 0.6 is 11.3 Å². The van der Waals surface area contributed by atoms with Gasteiger partial charge in [-0.2, -0.15) is 4.31 Å². The van der Waals surface area contributed by atoms with E-state index in [-0.39, 0.29) is 12.5 Å². The minimum Gasteiger partial charge on any atom is -0.462 e. The first-order valence-electron chi connectivity index (χ1n) is 9.45. The molecule has 2 heterocycles. The van der Waals surface area contributed by atoms with Gasteiger partial charge in [0, 0.05) is 18.8 Å². The lowest BCUT2D eigenvalue weighted by Gasteiger charge is -2.30. The van der Waals surface area contributed by atoms with Gasteiger partial charge in [-0.15, -0.1) is 11.3 Å². The molecule has 1 aromatic carbocycles. The summed E-state index contributed by atoms with van der Waals surface area (Å²) in [5, 5.41) is 4.60. The summed E-state index contributed by atoms with van der Waals surface area (Å²) in [6.45, 7) is 4.41. The average molecular weight is 437 g/mol. The molecular weight excluding hydrogens is 412 g/mol. The molecule has 156 valence electrons. The molecule has 1 saturated heterocycles. The van der Waals surface area contributed by atoms with Gasteiger partial charge in [-0.25, -0.2) is 13.2 Å². The summed E-state index contributed by atoms with van der Waals surface area (Å²) in [5.74, 6) is -1.05. The van der Waals surface area contributed by atoms with Gasteiger partial charge in [-0.1, -0.05) is 6.07 Å². The van der Waals surface area contributed by atoms with Crippen LogP contribution in [0.4, 0.5) is 5.69 Å².